The second-order valence-corrected chi connectivity index (χ2v) is 13.5. The van der Waals surface area contributed by atoms with Gasteiger partial charge in [-0.15, -0.1) is 0 Å². The van der Waals surface area contributed by atoms with Crippen LogP contribution in [0, 0.1) is 0 Å². The normalized spacial score (nSPS) is 10.3. The molecule has 0 amide bonds. The van der Waals surface area contributed by atoms with Crippen molar-refractivity contribution in [3.05, 3.63) is 140 Å². The van der Waals surface area contributed by atoms with E-state index in [9.17, 15) is 28.8 Å². The lowest BCUT2D eigenvalue weighted by Crippen LogP contribution is -2.12. The number of carbonyl (C=O) groups excluding carboxylic acids is 6. The lowest BCUT2D eigenvalue weighted by Gasteiger charge is -2.15. The summed E-state index contributed by atoms with van der Waals surface area (Å²) < 4.78 is 48.8. The molecule has 0 unspecified atom stereocenters. The van der Waals surface area contributed by atoms with Gasteiger partial charge in [0.05, 0.1) is 63.4 Å². The predicted octanol–water partition coefficient (Wildman–Crippen LogP) is 8.24. The summed E-state index contributed by atoms with van der Waals surface area (Å²) in [5, 5.41) is 0. The summed E-state index contributed by atoms with van der Waals surface area (Å²) >= 11 is 0. The number of hydrogen-bond donors (Lipinski definition) is 0. The van der Waals surface area contributed by atoms with Gasteiger partial charge in [0.25, 0.3) is 0 Å². The highest BCUT2D eigenvalue weighted by Gasteiger charge is 2.19. The van der Waals surface area contributed by atoms with E-state index in [2.05, 4.69) is 19.7 Å². The largest absolute Gasteiger partial charge is 0.493 e. The van der Waals surface area contributed by atoms with Crippen LogP contribution in [0.15, 0.2) is 123 Å². The van der Waals surface area contributed by atoms with Gasteiger partial charge < -0.3 is 42.6 Å². The van der Waals surface area contributed by atoms with Crippen molar-refractivity contribution in [3.63, 3.8) is 0 Å². The molecule has 0 N–H and O–H groups in total. The minimum absolute atomic E-state index is 0.0467. The van der Waals surface area contributed by atoms with Gasteiger partial charge in [-0.05, 0) is 110 Å². The molecule has 15 nitrogen and oxygen atoms in total. The van der Waals surface area contributed by atoms with Crippen LogP contribution < -0.4 is 23.7 Å². The minimum Gasteiger partial charge on any atom is -0.493 e. The van der Waals surface area contributed by atoms with Crippen molar-refractivity contribution >= 4 is 35.8 Å². The van der Waals surface area contributed by atoms with Gasteiger partial charge in [0.15, 0.2) is 23.0 Å². The Morgan fingerprint density at radius 3 is 1.33 bits per heavy atom. The van der Waals surface area contributed by atoms with Crippen LogP contribution in [0.25, 0.3) is 11.1 Å². The van der Waals surface area contributed by atoms with E-state index in [0.29, 0.717) is 49.8 Å². The predicted molar refractivity (Wildman–Crippen MR) is 234 cm³/mol. The summed E-state index contributed by atoms with van der Waals surface area (Å²) in [6, 6.07) is 22.5. The Bertz CT molecular complexity index is 2240. The number of unbranched alkanes of at least 4 members (excludes halogenated alkanes) is 3. The fourth-order valence-electron chi connectivity index (χ4n) is 5.50. The molecule has 4 rings (SSSR count). The molecule has 0 spiro atoms. The van der Waals surface area contributed by atoms with Crippen molar-refractivity contribution in [1.29, 1.82) is 0 Å². The minimum atomic E-state index is -0.738. The smallest absolute Gasteiger partial charge is 0.343 e. The molecular weight excluding hydrogens is 829 g/mol. The number of hydrogen-bond acceptors (Lipinski definition) is 15. The Kier molecular flexibility index (Phi) is 20.4. The zero-order chi connectivity index (χ0) is 46.1. The van der Waals surface area contributed by atoms with E-state index in [1.54, 1.807) is 54.6 Å². The standard InChI is InChI=1S/C49H50O15/c1-5-44(50)59-28-10-8-26-57-40-24-20-38(33-43(40)58-27-9-11-29-60-45(51)6-2)49(55)64-41-25-21-37(32-42(41)56-4)48(54)63-39-22-18-35(19-23-39)34-14-16-36(17-15-34)47(53)62-31-13-12-30-61-46(52)7-3/h5-7,14-25,32-33H,1-3,8-13,26-31H2,4H3. The lowest BCUT2D eigenvalue weighted by atomic mass is 10.0. The summed E-state index contributed by atoms with van der Waals surface area (Å²) in [5.41, 5.74) is 2.29. The van der Waals surface area contributed by atoms with Gasteiger partial charge in [0.1, 0.15) is 5.75 Å². The van der Waals surface area contributed by atoms with E-state index >= 15 is 0 Å². The third kappa shape index (κ3) is 16.3. The summed E-state index contributed by atoms with van der Waals surface area (Å²) in [6.45, 7) is 11.4. The molecule has 15 heteroatoms. The van der Waals surface area contributed by atoms with Crippen molar-refractivity contribution in [3.8, 4) is 39.9 Å². The monoisotopic (exact) mass is 878 g/mol. The van der Waals surface area contributed by atoms with Gasteiger partial charge in [-0.25, -0.2) is 28.8 Å². The lowest BCUT2D eigenvalue weighted by molar-refractivity contribution is -0.138. The van der Waals surface area contributed by atoms with Gasteiger partial charge >= 0.3 is 35.8 Å². The average molecular weight is 879 g/mol. The number of rotatable bonds is 27. The Balaban J connectivity index is 1.33. The van der Waals surface area contributed by atoms with Crippen LogP contribution in [0.3, 0.4) is 0 Å². The highest BCUT2D eigenvalue weighted by atomic mass is 16.6. The summed E-state index contributed by atoms with van der Waals surface area (Å²) in [6.07, 6.45) is 6.53. The molecule has 64 heavy (non-hydrogen) atoms. The highest BCUT2D eigenvalue weighted by Crippen LogP contribution is 2.33. The first kappa shape index (κ1) is 49.0. The summed E-state index contributed by atoms with van der Waals surface area (Å²) in [4.78, 5) is 72.7. The molecule has 0 aliphatic rings. The second-order valence-electron chi connectivity index (χ2n) is 13.5. The third-order valence-corrected chi connectivity index (χ3v) is 8.90. The number of methoxy groups -OCH3 is 1. The fourth-order valence-corrected chi connectivity index (χ4v) is 5.50. The van der Waals surface area contributed by atoms with Gasteiger partial charge in [-0.2, -0.15) is 0 Å². The van der Waals surface area contributed by atoms with E-state index in [1.165, 1.54) is 37.4 Å². The molecule has 0 aliphatic heterocycles. The van der Waals surface area contributed by atoms with Crippen molar-refractivity contribution in [2.75, 3.05) is 46.8 Å². The van der Waals surface area contributed by atoms with Crippen LogP contribution in [0.4, 0.5) is 0 Å². The molecule has 4 aromatic carbocycles. The molecule has 0 atom stereocenters. The van der Waals surface area contributed by atoms with E-state index in [-0.39, 0.29) is 73.8 Å². The van der Waals surface area contributed by atoms with Gasteiger partial charge in [-0.3, -0.25) is 0 Å². The van der Waals surface area contributed by atoms with Crippen molar-refractivity contribution < 1.29 is 71.4 Å². The van der Waals surface area contributed by atoms with Crippen LogP contribution in [0.5, 0.6) is 28.7 Å². The third-order valence-electron chi connectivity index (χ3n) is 8.90. The Morgan fingerprint density at radius 1 is 0.422 bits per heavy atom. The van der Waals surface area contributed by atoms with Gasteiger partial charge in [-0.1, -0.05) is 44.0 Å². The van der Waals surface area contributed by atoms with Crippen molar-refractivity contribution in [2.24, 2.45) is 0 Å². The summed E-state index contributed by atoms with van der Waals surface area (Å²) in [7, 11) is 1.37. The van der Waals surface area contributed by atoms with Crippen LogP contribution in [-0.2, 0) is 33.3 Å². The topological polar surface area (TPSA) is 185 Å². The van der Waals surface area contributed by atoms with E-state index in [0.717, 1.165) is 29.4 Å². The SMILES string of the molecule is C=CC(=O)OCCCCOC(=O)c1ccc(-c2ccc(OC(=O)c3ccc(OC(=O)c4ccc(OCCCCOC(=O)C=C)c(OCCCCOC(=O)C=C)c4)c(OC)c3)cc2)cc1. The Hall–Kier alpha value is -7.68. The van der Waals surface area contributed by atoms with Crippen LogP contribution in [0.2, 0.25) is 0 Å². The average Bonchev–Trinajstić information content (AvgIpc) is 3.32. The zero-order valence-corrected chi connectivity index (χ0v) is 35.5. The maximum Gasteiger partial charge on any atom is 0.343 e. The van der Waals surface area contributed by atoms with Crippen molar-refractivity contribution in [1.82, 2.24) is 0 Å². The first-order valence-electron chi connectivity index (χ1n) is 20.3. The second kappa shape index (κ2) is 26.6. The highest BCUT2D eigenvalue weighted by molar-refractivity contribution is 5.94. The Morgan fingerprint density at radius 2 is 0.828 bits per heavy atom. The number of benzene rings is 4. The maximum absolute atomic E-state index is 13.4. The van der Waals surface area contributed by atoms with E-state index in [4.69, 9.17) is 42.6 Å². The molecule has 0 fully saturated rings. The number of esters is 6. The molecule has 0 aromatic heterocycles. The molecular formula is C49H50O15. The van der Waals surface area contributed by atoms with E-state index < -0.39 is 35.8 Å². The maximum atomic E-state index is 13.4. The van der Waals surface area contributed by atoms with Gasteiger partial charge in [0, 0.05) is 18.2 Å². The molecule has 4 aromatic rings. The molecule has 0 heterocycles. The zero-order valence-electron chi connectivity index (χ0n) is 35.5. The first-order chi connectivity index (χ1) is 31.0. The number of ether oxygens (including phenoxy) is 9. The van der Waals surface area contributed by atoms with Gasteiger partial charge in [0.2, 0.25) is 0 Å². The first-order valence-corrected chi connectivity index (χ1v) is 20.3. The fraction of sp³-hybridized carbons (Fsp3) is 0.265. The van der Waals surface area contributed by atoms with Crippen LogP contribution in [0.1, 0.15) is 69.6 Å². The quantitative estimate of drug-likeness (QED) is 0.0183. The van der Waals surface area contributed by atoms with Crippen LogP contribution >= 0.6 is 0 Å². The number of carbonyl (C=O) groups is 6. The molecule has 0 radical (unpaired) electrons. The van der Waals surface area contributed by atoms with Crippen LogP contribution in [-0.4, -0.2) is 82.6 Å². The van der Waals surface area contributed by atoms with Crippen molar-refractivity contribution in [2.45, 2.75) is 38.5 Å². The van der Waals surface area contributed by atoms with E-state index in [1.807, 2.05) is 0 Å². The molecule has 336 valence electrons. The molecule has 0 aliphatic carbocycles. The molecule has 0 saturated carbocycles. The molecule has 0 bridgehead atoms. The molecule has 0 saturated heterocycles. The summed E-state index contributed by atoms with van der Waals surface area (Å²) in [5.74, 6) is -2.33. The Labute approximate surface area is 371 Å².